The standard InChI is InChI=1S/C21H29N3O3/c1-21(2,3)27-20(26)23-17(12-11-16-8-5-4-6-9-16)14-19(25)24-13-7-10-18(24)15-22/h4-6,8-9,17-18H,7,10-14H2,1-3H3,(H,23,26)/t17-,18+/m1/s1. The highest BCUT2D eigenvalue weighted by Gasteiger charge is 2.30. The Bertz CT molecular complexity index is 676. The number of hydrogen-bond donors (Lipinski definition) is 1. The van der Waals surface area contributed by atoms with E-state index in [0.29, 0.717) is 13.0 Å². The molecule has 0 unspecified atom stereocenters. The van der Waals surface area contributed by atoms with Gasteiger partial charge in [-0.1, -0.05) is 30.3 Å². The Hall–Kier alpha value is -2.55. The van der Waals surface area contributed by atoms with E-state index in [1.807, 2.05) is 30.3 Å². The van der Waals surface area contributed by atoms with E-state index < -0.39 is 11.7 Å². The SMILES string of the molecule is CC(C)(C)OC(=O)N[C@H](CCc1ccccc1)CC(=O)N1CCC[C@H]1C#N. The van der Waals surface area contributed by atoms with Gasteiger partial charge >= 0.3 is 6.09 Å². The molecule has 146 valence electrons. The molecular weight excluding hydrogens is 342 g/mol. The fourth-order valence-corrected chi connectivity index (χ4v) is 3.21. The zero-order chi connectivity index (χ0) is 19.9. The molecule has 6 nitrogen and oxygen atoms in total. The molecule has 0 aliphatic carbocycles. The number of carbonyl (C=O) groups is 2. The first-order chi connectivity index (χ1) is 12.8. The maximum Gasteiger partial charge on any atom is 0.407 e. The van der Waals surface area contributed by atoms with Gasteiger partial charge in [0.05, 0.1) is 6.07 Å². The average Bonchev–Trinajstić information content (AvgIpc) is 3.07. The number of nitriles is 1. The van der Waals surface area contributed by atoms with Crippen LogP contribution in [0, 0.1) is 11.3 Å². The molecule has 0 saturated carbocycles. The number of nitrogens with one attached hydrogen (secondary N) is 1. The molecular formula is C21H29N3O3. The van der Waals surface area contributed by atoms with Gasteiger partial charge < -0.3 is 15.0 Å². The fourth-order valence-electron chi connectivity index (χ4n) is 3.21. The van der Waals surface area contributed by atoms with E-state index in [0.717, 1.165) is 24.8 Å². The number of ether oxygens (including phenoxy) is 1. The van der Waals surface area contributed by atoms with E-state index in [-0.39, 0.29) is 24.4 Å². The Morgan fingerprint density at radius 3 is 2.67 bits per heavy atom. The van der Waals surface area contributed by atoms with Crippen molar-refractivity contribution >= 4 is 12.0 Å². The topological polar surface area (TPSA) is 82.4 Å². The summed E-state index contributed by atoms with van der Waals surface area (Å²) in [6.07, 6.45) is 2.58. The molecule has 1 aromatic carbocycles. The second-order valence-corrected chi connectivity index (χ2v) is 7.95. The van der Waals surface area contributed by atoms with Crippen molar-refractivity contribution in [3.8, 4) is 6.07 Å². The summed E-state index contributed by atoms with van der Waals surface area (Å²) in [4.78, 5) is 26.5. The van der Waals surface area contributed by atoms with E-state index in [2.05, 4.69) is 11.4 Å². The van der Waals surface area contributed by atoms with Crippen molar-refractivity contribution in [1.29, 1.82) is 5.26 Å². The lowest BCUT2D eigenvalue weighted by molar-refractivity contribution is -0.131. The third-order valence-corrected chi connectivity index (χ3v) is 4.49. The van der Waals surface area contributed by atoms with Crippen LogP contribution in [0.1, 0.15) is 52.0 Å². The van der Waals surface area contributed by atoms with Crippen LogP contribution >= 0.6 is 0 Å². The lowest BCUT2D eigenvalue weighted by Gasteiger charge is -2.26. The van der Waals surface area contributed by atoms with E-state index in [1.165, 1.54) is 0 Å². The van der Waals surface area contributed by atoms with Crippen molar-refractivity contribution in [2.75, 3.05) is 6.54 Å². The van der Waals surface area contributed by atoms with Gasteiger partial charge in [-0.2, -0.15) is 5.26 Å². The summed E-state index contributed by atoms with van der Waals surface area (Å²) in [5, 5.41) is 12.1. The second kappa shape index (κ2) is 9.40. The van der Waals surface area contributed by atoms with Crippen LogP contribution in [0.2, 0.25) is 0 Å². The van der Waals surface area contributed by atoms with Crippen LogP contribution in [-0.4, -0.2) is 41.1 Å². The first-order valence-electron chi connectivity index (χ1n) is 9.51. The van der Waals surface area contributed by atoms with Gasteiger partial charge in [-0.25, -0.2) is 4.79 Å². The van der Waals surface area contributed by atoms with Crippen LogP contribution in [0.4, 0.5) is 4.79 Å². The number of amides is 2. The highest BCUT2D eigenvalue weighted by Crippen LogP contribution is 2.19. The molecule has 0 aromatic heterocycles. The van der Waals surface area contributed by atoms with E-state index in [4.69, 9.17) is 4.74 Å². The van der Waals surface area contributed by atoms with Crippen LogP contribution in [0.3, 0.4) is 0 Å². The Balaban J connectivity index is 2.00. The summed E-state index contributed by atoms with van der Waals surface area (Å²) in [5.74, 6) is -0.0897. The molecule has 1 aliphatic rings. The summed E-state index contributed by atoms with van der Waals surface area (Å²) in [5.41, 5.74) is 0.552. The molecule has 1 fully saturated rings. The Morgan fingerprint density at radius 1 is 1.33 bits per heavy atom. The number of carbonyl (C=O) groups excluding carboxylic acids is 2. The summed E-state index contributed by atoms with van der Waals surface area (Å²) >= 11 is 0. The molecule has 2 amide bonds. The van der Waals surface area contributed by atoms with E-state index in [1.54, 1.807) is 25.7 Å². The van der Waals surface area contributed by atoms with Crippen LogP contribution < -0.4 is 5.32 Å². The number of hydrogen-bond acceptors (Lipinski definition) is 4. The number of aryl methyl sites for hydroxylation is 1. The Labute approximate surface area is 161 Å². The zero-order valence-corrected chi connectivity index (χ0v) is 16.4. The first-order valence-corrected chi connectivity index (χ1v) is 9.51. The lowest BCUT2D eigenvalue weighted by atomic mass is 10.0. The average molecular weight is 371 g/mol. The van der Waals surface area contributed by atoms with Gasteiger partial charge in [-0.05, 0) is 52.0 Å². The molecule has 1 aromatic rings. The molecule has 0 bridgehead atoms. The molecule has 2 atom stereocenters. The van der Waals surface area contributed by atoms with Gasteiger partial charge in [-0.15, -0.1) is 0 Å². The minimum Gasteiger partial charge on any atom is -0.444 e. The van der Waals surface area contributed by atoms with Crippen LogP contribution in [0.15, 0.2) is 30.3 Å². The number of rotatable bonds is 6. The van der Waals surface area contributed by atoms with E-state index in [9.17, 15) is 14.9 Å². The quantitative estimate of drug-likeness (QED) is 0.831. The largest absolute Gasteiger partial charge is 0.444 e. The van der Waals surface area contributed by atoms with Crippen molar-refractivity contribution in [3.63, 3.8) is 0 Å². The summed E-state index contributed by atoms with van der Waals surface area (Å²) in [6.45, 7) is 6.02. The zero-order valence-electron chi connectivity index (χ0n) is 16.4. The molecule has 1 heterocycles. The van der Waals surface area contributed by atoms with Crippen molar-refractivity contribution in [1.82, 2.24) is 10.2 Å². The maximum atomic E-state index is 12.7. The molecule has 1 aliphatic heterocycles. The van der Waals surface area contributed by atoms with Gasteiger partial charge in [0.2, 0.25) is 5.91 Å². The highest BCUT2D eigenvalue weighted by atomic mass is 16.6. The molecule has 1 N–H and O–H groups in total. The number of likely N-dealkylation sites (tertiary alicyclic amines) is 1. The molecule has 1 saturated heterocycles. The van der Waals surface area contributed by atoms with Crippen LogP contribution in [-0.2, 0) is 16.0 Å². The monoisotopic (exact) mass is 371 g/mol. The third kappa shape index (κ3) is 6.93. The fraction of sp³-hybridized carbons (Fsp3) is 0.571. The van der Waals surface area contributed by atoms with Gasteiger partial charge in [-0.3, -0.25) is 4.79 Å². The van der Waals surface area contributed by atoms with Gasteiger partial charge in [0, 0.05) is 19.0 Å². The minimum absolute atomic E-state index is 0.0897. The number of alkyl carbamates (subject to hydrolysis) is 1. The van der Waals surface area contributed by atoms with Gasteiger partial charge in [0.25, 0.3) is 0 Å². The second-order valence-electron chi connectivity index (χ2n) is 7.95. The first kappa shape index (κ1) is 20.8. The minimum atomic E-state index is -0.598. The maximum absolute atomic E-state index is 12.7. The predicted octanol–water partition coefficient (Wildman–Crippen LogP) is 3.42. The Morgan fingerprint density at radius 2 is 2.04 bits per heavy atom. The third-order valence-electron chi connectivity index (χ3n) is 4.49. The normalized spacial score (nSPS) is 17.9. The number of benzene rings is 1. The summed E-state index contributed by atoms with van der Waals surface area (Å²) < 4.78 is 5.34. The summed E-state index contributed by atoms with van der Waals surface area (Å²) in [6, 6.07) is 11.4. The molecule has 0 radical (unpaired) electrons. The molecule has 2 rings (SSSR count). The van der Waals surface area contributed by atoms with Crippen molar-refractivity contribution < 1.29 is 14.3 Å². The van der Waals surface area contributed by atoms with E-state index >= 15 is 0 Å². The predicted molar refractivity (Wildman–Crippen MR) is 103 cm³/mol. The number of nitrogens with zero attached hydrogens (tertiary/aromatic N) is 2. The van der Waals surface area contributed by atoms with Crippen molar-refractivity contribution in [2.24, 2.45) is 0 Å². The molecule has 6 heteroatoms. The van der Waals surface area contributed by atoms with Gasteiger partial charge in [0.1, 0.15) is 11.6 Å². The van der Waals surface area contributed by atoms with Crippen molar-refractivity contribution in [3.05, 3.63) is 35.9 Å². The lowest BCUT2D eigenvalue weighted by Crippen LogP contribution is -2.44. The molecule has 27 heavy (non-hydrogen) atoms. The van der Waals surface area contributed by atoms with Crippen LogP contribution in [0.5, 0.6) is 0 Å². The van der Waals surface area contributed by atoms with Crippen molar-refractivity contribution in [2.45, 2.75) is 70.6 Å². The van der Waals surface area contributed by atoms with Gasteiger partial charge in [0.15, 0.2) is 0 Å². The van der Waals surface area contributed by atoms with Crippen LogP contribution in [0.25, 0.3) is 0 Å². The smallest absolute Gasteiger partial charge is 0.407 e. The highest BCUT2D eigenvalue weighted by molar-refractivity contribution is 5.79. The Kier molecular flexibility index (Phi) is 7.23. The summed E-state index contributed by atoms with van der Waals surface area (Å²) in [7, 11) is 0. The molecule has 0 spiro atoms.